The third-order valence-corrected chi connectivity index (χ3v) is 4.63. The minimum absolute atomic E-state index is 0.0743. The van der Waals surface area contributed by atoms with Crippen LogP contribution in [-0.4, -0.2) is 15.0 Å². The summed E-state index contributed by atoms with van der Waals surface area (Å²) in [7, 11) is -3.57. The number of hydrogen-bond donors (Lipinski definition) is 2. The quantitative estimate of drug-likeness (QED) is 0.840. The molecular formula is C13H21ClN2O2S. The lowest BCUT2D eigenvalue weighted by molar-refractivity contribution is 0.378. The van der Waals surface area contributed by atoms with Gasteiger partial charge in [-0.05, 0) is 36.5 Å². The minimum Gasteiger partial charge on any atom is -0.398 e. The summed E-state index contributed by atoms with van der Waals surface area (Å²) in [5, 5.41) is 0.319. The molecule has 0 fully saturated rings. The molecule has 0 saturated heterocycles. The second-order valence-corrected chi connectivity index (χ2v) is 8.00. The highest BCUT2D eigenvalue weighted by Gasteiger charge is 2.20. The number of nitrogens with two attached hydrogens (primary N) is 1. The average Bonchev–Trinajstić information content (AvgIpc) is 2.20. The molecule has 0 saturated carbocycles. The van der Waals surface area contributed by atoms with Crippen molar-refractivity contribution in [3.63, 3.8) is 0 Å². The van der Waals surface area contributed by atoms with Gasteiger partial charge < -0.3 is 5.73 Å². The first-order valence-electron chi connectivity index (χ1n) is 6.08. The molecule has 0 heterocycles. The fourth-order valence-corrected chi connectivity index (χ4v) is 3.21. The first-order valence-corrected chi connectivity index (χ1v) is 7.94. The van der Waals surface area contributed by atoms with Crippen molar-refractivity contribution in [3.05, 3.63) is 22.7 Å². The Labute approximate surface area is 120 Å². The third-order valence-electron chi connectivity index (χ3n) is 2.82. The largest absolute Gasteiger partial charge is 0.398 e. The lowest BCUT2D eigenvalue weighted by atomic mass is 9.93. The Hall–Kier alpha value is -0.780. The van der Waals surface area contributed by atoms with Crippen LogP contribution in [0.2, 0.25) is 5.02 Å². The molecule has 1 aromatic carbocycles. The van der Waals surface area contributed by atoms with Crippen molar-refractivity contribution in [1.29, 1.82) is 0 Å². The van der Waals surface area contributed by atoms with Crippen molar-refractivity contribution in [2.45, 2.75) is 39.0 Å². The monoisotopic (exact) mass is 304 g/mol. The van der Waals surface area contributed by atoms with Gasteiger partial charge in [-0.15, -0.1) is 0 Å². The van der Waals surface area contributed by atoms with E-state index in [4.69, 9.17) is 17.3 Å². The molecule has 4 nitrogen and oxygen atoms in total. The van der Waals surface area contributed by atoms with E-state index in [0.29, 0.717) is 22.8 Å². The van der Waals surface area contributed by atoms with Crippen molar-refractivity contribution in [2.75, 3.05) is 12.3 Å². The summed E-state index contributed by atoms with van der Waals surface area (Å²) in [6.45, 7) is 8.24. The number of benzene rings is 1. The zero-order valence-electron chi connectivity index (χ0n) is 11.7. The summed E-state index contributed by atoms with van der Waals surface area (Å²) < 4.78 is 27.0. The molecule has 0 unspecified atom stereocenters. The average molecular weight is 305 g/mol. The predicted molar refractivity (Wildman–Crippen MR) is 79.9 cm³/mol. The molecule has 0 aromatic heterocycles. The topological polar surface area (TPSA) is 72.2 Å². The van der Waals surface area contributed by atoms with Crippen molar-refractivity contribution in [2.24, 2.45) is 5.41 Å². The highest BCUT2D eigenvalue weighted by Crippen LogP contribution is 2.26. The molecule has 0 radical (unpaired) electrons. The first-order chi connectivity index (χ1) is 8.53. The van der Waals surface area contributed by atoms with Gasteiger partial charge in [0.15, 0.2) is 0 Å². The van der Waals surface area contributed by atoms with E-state index in [9.17, 15) is 8.42 Å². The molecule has 1 rings (SSSR count). The number of nitrogens with one attached hydrogen (secondary N) is 1. The normalized spacial score (nSPS) is 12.7. The van der Waals surface area contributed by atoms with Crippen LogP contribution in [-0.2, 0) is 10.0 Å². The Morgan fingerprint density at radius 3 is 2.42 bits per heavy atom. The van der Waals surface area contributed by atoms with Gasteiger partial charge in [0.25, 0.3) is 0 Å². The van der Waals surface area contributed by atoms with E-state index in [2.05, 4.69) is 25.5 Å². The van der Waals surface area contributed by atoms with Gasteiger partial charge in [0.1, 0.15) is 0 Å². The van der Waals surface area contributed by atoms with E-state index in [1.165, 1.54) is 6.07 Å². The Bertz CT molecular complexity index is 563. The minimum atomic E-state index is -3.57. The standard InChI is InChI=1S/C13H21ClN2O2S/c1-9-11(15)7-10(14)8-12(9)19(17,18)16-6-5-13(2,3)4/h7-8,16H,5-6,15H2,1-4H3. The van der Waals surface area contributed by atoms with E-state index >= 15 is 0 Å². The number of halogens is 1. The van der Waals surface area contributed by atoms with Crippen LogP contribution >= 0.6 is 11.6 Å². The SMILES string of the molecule is Cc1c(N)cc(Cl)cc1S(=O)(=O)NCCC(C)(C)C. The Balaban J connectivity index is 2.95. The molecule has 0 aliphatic heterocycles. The molecule has 0 aliphatic carbocycles. The summed E-state index contributed by atoms with van der Waals surface area (Å²) in [5.74, 6) is 0. The number of nitrogen functional groups attached to an aromatic ring is 1. The molecule has 3 N–H and O–H groups in total. The van der Waals surface area contributed by atoms with Gasteiger partial charge in [0.05, 0.1) is 4.90 Å². The predicted octanol–water partition coefficient (Wildman–Crippen LogP) is 2.95. The first kappa shape index (κ1) is 16.3. The summed E-state index contributed by atoms with van der Waals surface area (Å²) in [6, 6.07) is 2.97. The van der Waals surface area contributed by atoms with Crippen molar-refractivity contribution in [1.82, 2.24) is 4.72 Å². The lowest BCUT2D eigenvalue weighted by Gasteiger charge is -2.18. The maximum atomic E-state index is 12.2. The van der Waals surface area contributed by atoms with Crippen LogP contribution in [0.5, 0.6) is 0 Å². The van der Waals surface area contributed by atoms with Crippen LogP contribution in [0.25, 0.3) is 0 Å². The van der Waals surface area contributed by atoms with Crippen molar-refractivity contribution in [3.8, 4) is 0 Å². The summed E-state index contributed by atoms with van der Waals surface area (Å²) in [5.41, 5.74) is 6.71. The summed E-state index contributed by atoms with van der Waals surface area (Å²) in [6.07, 6.45) is 0.751. The Kier molecular flexibility index (Phi) is 4.87. The second-order valence-electron chi connectivity index (χ2n) is 5.83. The second kappa shape index (κ2) is 5.69. The maximum absolute atomic E-state index is 12.2. The van der Waals surface area contributed by atoms with Crippen molar-refractivity contribution < 1.29 is 8.42 Å². The van der Waals surface area contributed by atoms with E-state index in [1.54, 1.807) is 13.0 Å². The molecule has 0 spiro atoms. The summed E-state index contributed by atoms with van der Waals surface area (Å²) >= 11 is 5.86. The van der Waals surface area contributed by atoms with E-state index < -0.39 is 10.0 Å². The fourth-order valence-electron chi connectivity index (χ4n) is 1.59. The van der Waals surface area contributed by atoms with Gasteiger partial charge in [-0.2, -0.15) is 0 Å². The molecule has 0 amide bonds. The summed E-state index contributed by atoms with van der Waals surface area (Å²) in [4.78, 5) is 0.145. The number of sulfonamides is 1. The molecule has 0 atom stereocenters. The molecule has 108 valence electrons. The molecule has 1 aromatic rings. The van der Waals surface area contributed by atoms with Crippen LogP contribution in [0.15, 0.2) is 17.0 Å². The molecule has 19 heavy (non-hydrogen) atoms. The van der Waals surface area contributed by atoms with Gasteiger partial charge >= 0.3 is 0 Å². The van der Waals surface area contributed by atoms with E-state index in [0.717, 1.165) is 6.42 Å². The van der Waals surface area contributed by atoms with Gasteiger partial charge in [-0.25, -0.2) is 13.1 Å². The van der Waals surface area contributed by atoms with Crippen LogP contribution in [0.3, 0.4) is 0 Å². The zero-order valence-corrected chi connectivity index (χ0v) is 13.3. The lowest BCUT2D eigenvalue weighted by Crippen LogP contribution is -2.28. The number of anilines is 1. The zero-order chi connectivity index (χ0) is 14.8. The third kappa shape index (κ3) is 4.67. The molecule has 0 bridgehead atoms. The van der Waals surface area contributed by atoms with Crippen LogP contribution in [0, 0.1) is 12.3 Å². The molecular weight excluding hydrogens is 284 g/mol. The van der Waals surface area contributed by atoms with Gasteiger partial charge in [0, 0.05) is 17.3 Å². The fraction of sp³-hybridized carbons (Fsp3) is 0.538. The number of rotatable bonds is 4. The van der Waals surface area contributed by atoms with E-state index in [1.807, 2.05) is 0 Å². The number of hydrogen-bond acceptors (Lipinski definition) is 3. The Morgan fingerprint density at radius 1 is 1.32 bits per heavy atom. The molecule has 6 heteroatoms. The van der Waals surface area contributed by atoms with Gasteiger partial charge in [0.2, 0.25) is 10.0 Å². The van der Waals surface area contributed by atoms with Crippen LogP contribution < -0.4 is 10.5 Å². The van der Waals surface area contributed by atoms with Crippen molar-refractivity contribution >= 4 is 27.3 Å². The highest BCUT2D eigenvalue weighted by atomic mass is 35.5. The smallest absolute Gasteiger partial charge is 0.240 e. The Morgan fingerprint density at radius 2 is 1.89 bits per heavy atom. The maximum Gasteiger partial charge on any atom is 0.240 e. The van der Waals surface area contributed by atoms with Crippen LogP contribution in [0.4, 0.5) is 5.69 Å². The van der Waals surface area contributed by atoms with Gasteiger partial charge in [-0.3, -0.25) is 0 Å². The van der Waals surface area contributed by atoms with Gasteiger partial charge in [-0.1, -0.05) is 32.4 Å². The van der Waals surface area contributed by atoms with Crippen LogP contribution in [0.1, 0.15) is 32.8 Å². The van der Waals surface area contributed by atoms with E-state index in [-0.39, 0.29) is 10.3 Å². The molecule has 0 aliphatic rings. The highest BCUT2D eigenvalue weighted by molar-refractivity contribution is 7.89.